The van der Waals surface area contributed by atoms with E-state index in [4.69, 9.17) is 9.84 Å². The summed E-state index contributed by atoms with van der Waals surface area (Å²) in [5.41, 5.74) is 0. The van der Waals surface area contributed by atoms with Crippen molar-refractivity contribution in [3.05, 3.63) is 0 Å². The van der Waals surface area contributed by atoms with Gasteiger partial charge in [0.2, 0.25) is 0 Å². The van der Waals surface area contributed by atoms with E-state index in [1.54, 1.807) is 0 Å². The molecule has 0 aliphatic heterocycles. The van der Waals surface area contributed by atoms with Crippen molar-refractivity contribution in [3.8, 4) is 0 Å². The molecule has 1 N–H and O–H groups in total. The first-order chi connectivity index (χ1) is 6.29. The van der Waals surface area contributed by atoms with Crippen LogP contribution < -0.4 is 0 Å². The second-order valence-electron chi connectivity index (χ2n) is 3.72. The summed E-state index contributed by atoms with van der Waals surface area (Å²) in [7, 11) is 0. The molecule has 76 valence electrons. The normalized spacial score (nSPS) is 17.8. The molecule has 0 radical (unpaired) electrons. The Morgan fingerprint density at radius 3 is 2.69 bits per heavy atom. The zero-order chi connectivity index (χ0) is 9.52. The highest BCUT2D eigenvalue weighted by molar-refractivity contribution is 5.66. The fourth-order valence-electron chi connectivity index (χ4n) is 1.75. The van der Waals surface area contributed by atoms with Crippen molar-refractivity contribution in [1.82, 2.24) is 0 Å². The topological polar surface area (TPSA) is 46.5 Å². The smallest absolute Gasteiger partial charge is 0.303 e. The third kappa shape index (κ3) is 4.88. The first-order valence-electron chi connectivity index (χ1n) is 5.08. The lowest BCUT2D eigenvalue weighted by atomic mass is 10.1. The van der Waals surface area contributed by atoms with Gasteiger partial charge in [-0.3, -0.25) is 4.79 Å². The first-order valence-corrected chi connectivity index (χ1v) is 5.08. The third-order valence-electron chi connectivity index (χ3n) is 2.51. The van der Waals surface area contributed by atoms with E-state index in [1.165, 1.54) is 25.7 Å². The minimum atomic E-state index is -0.732. The molecule has 0 aromatic rings. The highest BCUT2D eigenvalue weighted by Gasteiger charge is 2.14. The molecule has 0 unspecified atom stereocenters. The number of rotatable bonds is 6. The van der Waals surface area contributed by atoms with Crippen LogP contribution in [0, 0.1) is 5.92 Å². The van der Waals surface area contributed by atoms with Gasteiger partial charge in [-0.05, 0) is 25.2 Å². The fraction of sp³-hybridized carbons (Fsp3) is 0.900. The zero-order valence-corrected chi connectivity index (χ0v) is 8.00. The third-order valence-corrected chi connectivity index (χ3v) is 2.51. The van der Waals surface area contributed by atoms with E-state index in [1.807, 2.05) is 0 Å². The van der Waals surface area contributed by atoms with Crippen LogP contribution >= 0.6 is 0 Å². The summed E-state index contributed by atoms with van der Waals surface area (Å²) >= 11 is 0. The molecule has 1 rings (SSSR count). The molecule has 0 atom stereocenters. The Bertz CT molecular complexity index is 150. The van der Waals surface area contributed by atoms with Crippen molar-refractivity contribution in [3.63, 3.8) is 0 Å². The van der Waals surface area contributed by atoms with Gasteiger partial charge >= 0.3 is 5.97 Å². The highest BCUT2D eigenvalue weighted by Crippen LogP contribution is 2.24. The molecule has 3 heteroatoms. The summed E-state index contributed by atoms with van der Waals surface area (Å²) < 4.78 is 5.40. The lowest BCUT2D eigenvalue weighted by Crippen LogP contribution is -2.07. The standard InChI is InChI=1S/C10H18O3/c11-10(12)6-3-7-13-8-9-4-1-2-5-9/h9H,1-8H2,(H,11,12). The summed E-state index contributed by atoms with van der Waals surface area (Å²) in [6.45, 7) is 1.43. The number of ether oxygens (including phenoxy) is 1. The van der Waals surface area contributed by atoms with Gasteiger partial charge in [-0.15, -0.1) is 0 Å². The van der Waals surface area contributed by atoms with Crippen LogP contribution in [-0.4, -0.2) is 24.3 Å². The number of hydrogen-bond acceptors (Lipinski definition) is 2. The Morgan fingerprint density at radius 2 is 2.08 bits per heavy atom. The van der Waals surface area contributed by atoms with Crippen molar-refractivity contribution in [2.75, 3.05) is 13.2 Å². The summed E-state index contributed by atoms with van der Waals surface area (Å²) in [4.78, 5) is 10.2. The van der Waals surface area contributed by atoms with Gasteiger partial charge in [-0.2, -0.15) is 0 Å². The van der Waals surface area contributed by atoms with E-state index in [0.717, 1.165) is 12.5 Å². The Labute approximate surface area is 79.1 Å². The fourth-order valence-corrected chi connectivity index (χ4v) is 1.75. The van der Waals surface area contributed by atoms with E-state index in [2.05, 4.69) is 0 Å². The molecule has 0 spiro atoms. The van der Waals surface area contributed by atoms with E-state index >= 15 is 0 Å². The first kappa shape index (κ1) is 10.5. The predicted molar refractivity (Wildman–Crippen MR) is 49.6 cm³/mol. The van der Waals surface area contributed by atoms with Crippen molar-refractivity contribution >= 4 is 5.97 Å². The predicted octanol–water partition coefficient (Wildman–Crippen LogP) is 2.06. The molecule has 13 heavy (non-hydrogen) atoms. The Hall–Kier alpha value is -0.570. The van der Waals surface area contributed by atoms with Crippen molar-refractivity contribution < 1.29 is 14.6 Å². The average molecular weight is 186 g/mol. The molecule has 1 saturated carbocycles. The number of carboxylic acids is 1. The maximum absolute atomic E-state index is 10.2. The molecule has 1 aliphatic rings. The number of carboxylic acid groups (broad SMARTS) is 1. The van der Waals surface area contributed by atoms with Crippen LogP contribution in [0.2, 0.25) is 0 Å². The molecular weight excluding hydrogens is 168 g/mol. The van der Waals surface area contributed by atoms with E-state index in [9.17, 15) is 4.79 Å². The van der Waals surface area contributed by atoms with Crippen LogP contribution in [0.5, 0.6) is 0 Å². The number of carbonyl (C=O) groups is 1. The Balaban J connectivity index is 1.86. The van der Waals surface area contributed by atoms with E-state index in [0.29, 0.717) is 13.0 Å². The molecule has 1 fully saturated rings. The van der Waals surface area contributed by atoms with E-state index in [-0.39, 0.29) is 6.42 Å². The Kier molecular flexibility index (Phi) is 4.83. The molecule has 1 aliphatic carbocycles. The summed E-state index contributed by atoms with van der Waals surface area (Å²) in [5.74, 6) is 0.00861. The molecule has 3 nitrogen and oxygen atoms in total. The zero-order valence-electron chi connectivity index (χ0n) is 8.00. The van der Waals surface area contributed by atoms with Crippen molar-refractivity contribution in [1.29, 1.82) is 0 Å². The molecule has 0 amide bonds. The highest BCUT2D eigenvalue weighted by atomic mass is 16.5. The lowest BCUT2D eigenvalue weighted by Gasteiger charge is -2.08. The maximum atomic E-state index is 10.2. The largest absolute Gasteiger partial charge is 0.481 e. The van der Waals surface area contributed by atoms with Gasteiger partial charge in [0.05, 0.1) is 0 Å². The minimum Gasteiger partial charge on any atom is -0.481 e. The Morgan fingerprint density at radius 1 is 1.38 bits per heavy atom. The van der Waals surface area contributed by atoms with Gasteiger partial charge in [0.1, 0.15) is 0 Å². The van der Waals surface area contributed by atoms with Gasteiger partial charge in [0, 0.05) is 19.6 Å². The van der Waals surface area contributed by atoms with Crippen LogP contribution in [-0.2, 0) is 9.53 Å². The minimum absolute atomic E-state index is 0.227. The maximum Gasteiger partial charge on any atom is 0.303 e. The van der Waals surface area contributed by atoms with Gasteiger partial charge in [0.15, 0.2) is 0 Å². The summed E-state index contributed by atoms with van der Waals surface area (Å²) in [6.07, 6.45) is 6.12. The van der Waals surface area contributed by atoms with Crippen LogP contribution in [0.1, 0.15) is 38.5 Å². The summed E-state index contributed by atoms with van der Waals surface area (Å²) in [5, 5.41) is 8.37. The van der Waals surface area contributed by atoms with Crippen LogP contribution in [0.25, 0.3) is 0 Å². The van der Waals surface area contributed by atoms with Crippen molar-refractivity contribution in [2.45, 2.75) is 38.5 Å². The SMILES string of the molecule is O=C(O)CCCOCC1CCCC1. The van der Waals surface area contributed by atoms with Gasteiger partial charge in [0.25, 0.3) is 0 Å². The molecule has 0 saturated heterocycles. The summed E-state index contributed by atoms with van der Waals surface area (Å²) in [6, 6.07) is 0. The second kappa shape index (κ2) is 5.97. The number of aliphatic carboxylic acids is 1. The monoisotopic (exact) mass is 186 g/mol. The van der Waals surface area contributed by atoms with Gasteiger partial charge in [-0.1, -0.05) is 12.8 Å². The van der Waals surface area contributed by atoms with Gasteiger partial charge in [-0.25, -0.2) is 0 Å². The molecule has 0 bridgehead atoms. The molecule has 0 aromatic heterocycles. The molecule has 0 aromatic carbocycles. The van der Waals surface area contributed by atoms with Crippen LogP contribution in [0.15, 0.2) is 0 Å². The number of hydrogen-bond donors (Lipinski definition) is 1. The van der Waals surface area contributed by atoms with E-state index < -0.39 is 5.97 Å². The van der Waals surface area contributed by atoms with Crippen LogP contribution in [0.4, 0.5) is 0 Å². The average Bonchev–Trinajstić information content (AvgIpc) is 2.55. The lowest BCUT2D eigenvalue weighted by molar-refractivity contribution is -0.137. The molecular formula is C10H18O3. The van der Waals surface area contributed by atoms with Crippen LogP contribution in [0.3, 0.4) is 0 Å². The quantitative estimate of drug-likeness (QED) is 0.646. The van der Waals surface area contributed by atoms with Gasteiger partial charge < -0.3 is 9.84 Å². The second-order valence-corrected chi connectivity index (χ2v) is 3.72. The molecule has 0 heterocycles. The van der Waals surface area contributed by atoms with Crippen molar-refractivity contribution in [2.24, 2.45) is 5.92 Å².